The smallest absolute Gasteiger partial charge is 0.394 e. The predicted molar refractivity (Wildman–Crippen MR) is 124 cm³/mol. The second-order valence-corrected chi connectivity index (χ2v) is 9.90. The Morgan fingerprint density at radius 3 is 2.61 bits per heavy atom. The molecule has 2 N–H and O–H groups in total. The molecular formula is C19H29N8O8P. The summed E-state index contributed by atoms with van der Waals surface area (Å²) >= 11 is 0. The second-order valence-electron chi connectivity index (χ2n) is 8.50. The number of nitriles is 1. The zero-order valence-electron chi connectivity index (χ0n) is 20.3. The van der Waals surface area contributed by atoms with Gasteiger partial charge in [-0.25, -0.2) is 4.67 Å². The van der Waals surface area contributed by atoms with Gasteiger partial charge in [-0.3, -0.25) is 4.79 Å². The molecular weight excluding hydrogens is 499 g/mol. The summed E-state index contributed by atoms with van der Waals surface area (Å²) in [6.45, 7) is 6.89. The van der Waals surface area contributed by atoms with Gasteiger partial charge in [-0.1, -0.05) is 5.21 Å². The van der Waals surface area contributed by atoms with E-state index in [1.54, 1.807) is 0 Å². The first-order valence-corrected chi connectivity index (χ1v) is 12.4. The van der Waals surface area contributed by atoms with E-state index in [-0.39, 0.29) is 42.6 Å². The number of aliphatic hydroxyl groups excluding tert-OH is 2. The van der Waals surface area contributed by atoms with Crippen molar-refractivity contribution in [2.24, 2.45) is 0 Å². The Morgan fingerprint density at radius 2 is 2.06 bits per heavy atom. The molecule has 36 heavy (non-hydrogen) atoms. The van der Waals surface area contributed by atoms with Crippen molar-refractivity contribution in [1.82, 2.24) is 29.4 Å². The van der Waals surface area contributed by atoms with Gasteiger partial charge in [-0.05, 0) is 32.6 Å². The zero-order valence-corrected chi connectivity index (χ0v) is 21.2. The van der Waals surface area contributed by atoms with Crippen LogP contribution in [0, 0.1) is 21.4 Å². The number of hydrogen-bond acceptors (Lipinski definition) is 13. The average Bonchev–Trinajstić information content (AvgIpc) is 3.40. The number of fused-ring (bicyclic) bond motifs is 1. The van der Waals surface area contributed by atoms with E-state index in [1.165, 1.54) is 0 Å². The summed E-state index contributed by atoms with van der Waals surface area (Å²) in [6.07, 6.45) is -2.28. The monoisotopic (exact) mass is 528 g/mol. The minimum Gasteiger partial charge on any atom is -0.394 e. The largest absolute Gasteiger partial charge is 0.418 e. The van der Waals surface area contributed by atoms with E-state index in [2.05, 4.69) is 15.4 Å². The van der Waals surface area contributed by atoms with E-state index in [0.29, 0.717) is 0 Å². The highest BCUT2D eigenvalue weighted by atomic mass is 31.2. The van der Waals surface area contributed by atoms with Crippen LogP contribution in [0.3, 0.4) is 0 Å². The van der Waals surface area contributed by atoms with Gasteiger partial charge in [0.1, 0.15) is 6.10 Å². The molecule has 1 aliphatic heterocycles. The molecule has 0 aliphatic carbocycles. The van der Waals surface area contributed by atoms with E-state index < -0.39 is 56.6 Å². The van der Waals surface area contributed by atoms with Crippen molar-refractivity contribution in [3.05, 3.63) is 20.5 Å². The normalized spacial score (nSPS) is 21.1. The van der Waals surface area contributed by atoms with Crippen molar-refractivity contribution in [2.45, 2.75) is 77.8 Å². The van der Waals surface area contributed by atoms with Crippen LogP contribution in [0.25, 0.3) is 11.0 Å². The second kappa shape index (κ2) is 12.1. The highest BCUT2D eigenvalue weighted by Crippen LogP contribution is 2.49. The number of hydrogen-bond donors (Lipinski definition) is 2. The first-order chi connectivity index (χ1) is 17.1. The molecule has 3 rings (SSSR count). The summed E-state index contributed by atoms with van der Waals surface area (Å²) in [7, 11) is -1.65. The van der Waals surface area contributed by atoms with E-state index in [9.17, 15) is 25.1 Å². The van der Waals surface area contributed by atoms with Crippen LogP contribution in [0.2, 0.25) is 0 Å². The number of ether oxygens (including phenoxy) is 1. The quantitative estimate of drug-likeness (QED) is 0.169. The fourth-order valence-electron chi connectivity index (χ4n) is 3.93. The molecule has 0 spiro atoms. The fourth-order valence-corrected chi connectivity index (χ4v) is 5.69. The van der Waals surface area contributed by atoms with Gasteiger partial charge in [0.05, 0.1) is 36.9 Å². The van der Waals surface area contributed by atoms with Gasteiger partial charge in [0.25, 0.3) is 8.53 Å². The van der Waals surface area contributed by atoms with Crippen molar-refractivity contribution >= 4 is 25.4 Å². The summed E-state index contributed by atoms with van der Waals surface area (Å²) in [5, 5.41) is 50.8. The Hall–Kier alpha value is -2.64. The molecule has 0 aromatic carbocycles. The van der Waals surface area contributed by atoms with Gasteiger partial charge in [0, 0.05) is 18.5 Å². The third kappa shape index (κ3) is 5.68. The first kappa shape index (κ1) is 27.9. The Labute approximate surface area is 207 Å². The van der Waals surface area contributed by atoms with Crippen LogP contribution in [0.15, 0.2) is 4.79 Å². The van der Waals surface area contributed by atoms with Gasteiger partial charge in [0.2, 0.25) is 5.52 Å². The summed E-state index contributed by atoms with van der Waals surface area (Å²) in [5.74, 6) is -0.708. The molecule has 3 unspecified atom stereocenters. The van der Waals surface area contributed by atoms with Crippen molar-refractivity contribution in [1.29, 1.82) is 5.26 Å². The summed E-state index contributed by atoms with van der Waals surface area (Å²) in [6, 6.07) is 2.13. The van der Waals surface area contributed by atoms with Crippen LogP contribution in [0.5, 0.6) is 0 Å². The number of aliphatic hydroxyl groups is 2. The molecule has 2 aromatic rings. The van der Waals surface area contributed by atoms with Crippen molar-refractivity contribution in [2.75, 3.05) is 13.2 Å². The van der Waals surface area contributed by atoms with Crippen LogP contribution in [0.1, 0.15) is 46.8 Å². The summed E-state index contributed by atoms with van der Waals surface area (Å²) < 4.78 is 21.7. The highest BCUT2D eigenvalue weighted by molar-refractivity contribution is 7.44. The highest BCUT2D eigenvalue weighted by Gasteiger charge is 2.42. The topological polar surface area (TPSA) is 204 Å². The van der Waals surface area contributed by atoms with Crippen molar-refractivity contribution in [3.8, 4) is 6.07 Å². The summed E-state index contributed by atoms with van der Waals surface area (Å²) in [5.41, 5.74) is -1.48. The zero-order chi connectivity index (χ0) is 26.6. The molecule has 1 fully saturated rings. The molecule has 198 valence electrons. The third-order valence-corrected chi connectivity index (χ3v) is 7.54. The number of rotatable bonds is 12. The Balaban J connectivity index is 1.91. The molecule has 2 aromatic heterocycles. The first-order valence-electron chi connectivity index (χ1n) is 11.3. The maximum Gasteiger partial charge on any atom is 0.418 e. The number of nitro groups is 1. The van der Waals surface area contributed by atoms with Crippen LogP contribution >= 0.6 is 8.53 Å². The summed E-state index contributed by atoms with van der Waals surface area (Å²) in [4.78, 5) is 23.6. The van der Waals surface area contributed by atoms with Crippen LogP contribution in [-0.4, -0.2) is 82.1 Å². The molecule has 4 atom stereocenters. The number of aromatic nitrogens is 5. The molecule has 1 saturated heterocycles. The van der Waals surface area contributed by atoms with Gasteiger partial charge in [-0.15, -0.1) is 9.78 Å². The van der Waals surface area contributed by atoms with Gasteiger partial charge >= 0.3 is 11.4 Å². The third-order valence-electron chi connectivity index (χ3n) is 5.39. The SMILES string of the molecule is CC(C)N(C(C)C)P(OCCC#N)OC1C[C@@H](n2nnc3c([N+](=O)[O-])nn(CO)c3c2=O)OC1CO. The lowest BCUT2D eigenvalue weighted by Crippen LogP contribution is -2.36. The lowest BCUT2D eigenvalue weighted by molar-refractivity contribution is -0.388. The maximum atomic E-state index is 13.1. The fraction of sp³-hybridized carbons (Fsp3) is 0.737. The van der Waals surface area contributed by atoms with Gasteiger partial charge < -0.3 is 34.1 Å². The Bertz CT molecular complexity index is 1160. The average molecular weight is 528 g/mol. The standard InChI is InChI=1S/C19H29N8O8P/c1-11(2)26(12(3)4)36(33-7-5-6-20)35-13-8-15(34-14(13)9-28)25-19(30)17-16(21-23-25)18(27(31)32)22-24(17)10-29/h11-15,28-29H,5,7-10H2,1-4H3/t13?,14?,15-,36?/m0/s1. The van der Waals surface area contributed by atoms with Crippen LogP contribution < -0.4 is 5.56 Å². The van der Waals surface area contributed by atoms with Gasteiger partial charge in [-0.2, -0.15) is 9.94 Å². The minimum absolute atomic E-state index is 0.0503. The Morgan fingerprint density at radius 1 is 1.36 bits per heavy atom. The molecule has 17 heteroatoms. The Kier molecular flexibility index (Phi) is 9.36. The van der Waals surface area contributed by atoms with Crippen molar-refractivity contribution in [3.63, 3.8) is 0 Å². The molecule has 3 heterocycles. The molecule has 1 aliphatic rings. The lowest BCUT2D eigenvalue weighted by Gasteiger charge is -2.37. The molecule has 0 radical (unpaired) electrons. The van der Waals surface area contributed by atoms with E-state index in [1.807, 2.05) is 38.4 Å². The maximum absolute atomic E-state index is 13.1. The molecule has 0 bridgehead atoms. The van der Waals surface area contributed by atoms with Crippen molar-refractivity contribution < 1.29 is 28.9 Å². The minimum atomic E-state index is -1.65. The predicted octanol–water partition coefficient (Wildman–Crippen LogP) is 0.787. The molecule has 0 saturated carbocycles. The number of nitrogens with zero attached hydrogens (tertiary/aromatic N) is 8. The van der Waals surface area contributed by atoms with E-state index >= 15 is 0 Å². The van der Waals surface area contributed by atoms with Crippen LogP contribution in [-0.2, 0) is 20.5 Å². The molecule has 0 amide bonds. The van der Waals surface area contributed by atoms with E-state index in [4.69, 9.17) is 19.0 Å². The molecule has 16 nitrogen and oxygen atoms in total. The lowest BCUT2D eigenvalue weighted by atomic mass is 10.2. The van der Waals surface area contributed by atoms with Crippen LogP contribution in [0.4, 0.5) is 5.82 Å². The van der Waals surface area contributed by atoms with Gasteiger partial charge in [0.15, 0.2) is 18.5 Å². The van der Waals surface area contributed by atoms with E-state index in [0.717, 1.165) is 9.36 Å².